The minimum absolute atomic E-state index is 0.0182. The van der Waals surface area contributed by atoms with Crippen LogP contribution in [-0.2, 0) is 4.79 Å². The molecule has 0 aliphatic carbocycles. The van der Waals surface area contributed by atoms with Gasteiger partial charge in [-0.2, -0.15) is 0 Å². The lowest BCUT2D eigenvalue weighted by Crippen LogP contribution is -2.37. The number of amides is 1. The van der Waals surface area contributed by atoms with E-state index in [1.54, 1.807) is 0 Å². The SMILES string of the molecule is CCNC(=O)C(C)Nc1ccc(C(N)=S)cc1C. The normalized spacial score (nSPS) is 11.7. The maximum absolute atomic E-state index is 11.6. The van der Waals surface area contributed by atoms with E-state index in [1.165, 1.54) is 0 Å². The van der Waals surface area contributed by atoms with Crippen LogP contribution in [-0.4, -0.2) is 23.5 Å². The number of hydrogen-bond donors (Lipinski definition) is 3. The molecule has 1 rings (SSSR count). The van der Waals surface area contributed by atoms with E-state index in [1.807, 2.05) is 39.0 Å². The van der Waals surface area contributed by atoms with Gasteiger partial charge in [-0.3, -0.25) is 4.79 Å². The van der Waals surface area contributed by atoms with Crippen LogP contribution in [0, 0.1) is 6.92 Å². The number of nitrogens with one attached hydrogen (secondary N) is 2. The molecular weight excluding hydrogens is 246 g/mol. The van der Waals surface area contributed by atoms with Gasteiger partial charge in [0.2, 0.25) is 5.91 Å². The lowest BCUT2D eigenvalue weighted by Gasteiger charge is -2.16. The fourth-order valence-electron chi connectivity index (χ4n) is 1.61. The highest BCUT2D eigenvalue weighted by atomic mass is 32.1. The lowest BCUT2D eigenvalue weighted by atomic mass is 10.1. The van der Waals surface area contributed by atoms with Gasteiger partial charge in [-0.1, -0.05) is 12.2 Å². The van der Waals surface area contributed by atoms with Crippen LogP contribution < -0.4 is 16.4 Å². The number of benzene rings is 1. The smallest absolute Gasteiger partial charge is 0.242 e. The first kappa shape index (κ1) is 14.4. The Kier molecular flexibility index (Phi) is 5.09. The van der Waals surface area contributed by atoms with Crippen molar-refractivity contribution in [2.45, 2.75) is 26.8 Å². The van der Waals surface area contributed by atoms with Gasteiger partial charge in [0.15, 0.2) is 0 Å². The van der Waals surface area contributed by atoms with Crippen molar-refractivity contribution < 1.29 is 4.79 Å². The number of carbonyl (C=O) groups excluding carboxylic acids is 1. The summed E-state index contributed by atoms with van der Waals surface area (Å²) in [5.74, 6) is -0.0182. The Morgan fingerprint density at radius 1 is 1.50 bits per heavy atom. The minimum Gasteiger partial charge on any atom is -0.389 e. The average molecular weight is 265 g/mol. The average Bonchev–Trinajstić information content (AvgIpc) is 2.31. The number of hydrogen-bond acceptors (Lipinski definition) is 3. The molecule has 4 nitrogen and oxygen atoms in total. The second-order valence-corrected chi connectivity index (χ2v) is 4.59. The standard InChI is InChI=1S/C13H19N3OS/c1-4-15-13(17)9(3)16-11-6-5-10(12(14)18)7-8(11)2/h5-7,9,16H,4H2,1-3H3,(H2,14,18)(H,15,17). The Labute approximate surface area is 113 Å². The number of nitrogens with two attached hydrogens (primary N) is 1. The number of anilines is 1. The van der Waals surface area contributed by atoms with E-state index in [0.29, 0.717) is 11.5 Å². The molecule has 0 bridgehead atoms. The second kappa shape index (κ2) is 6.35. The number of rotatable bonds is 5. The van der Waals surface area contributed by atoms with Crippen molar-refractivity contribution in [3.8, 4) is 0 Å². The Morgan fingerprint density at radius 3 is 2.67 bits per heavy atom. The summed E-state index contributed by atoms with van der Waals surface area (Å²) in [6.07, 6.45) is 0. The van der Waals surface area contributed by atoms with Gasteiger partial charge >= 0.3 is 0 Å². The molecule has 5 heteroatoms. The molecule has 1 unspecified atom stereocenters. The number of carbonyl (C=O) groups is 1. The molecule has 0 saturated heterocycles. The third-order valence-corrected chi connectivity index (χ3v) is 2.86. The summed E-state index contributed by atoms with van der Waals surface area (Å²) in [4.78, 5) is 12.0. The van der Waals surface area contributed by atoms with Crippen LogP contribution in [0.2, 0.25) is 0 Å². The summed E-state index contributed by atoms with van der Waals surface area (Å²) in [5, 5.41) is 5.94. The summed E-state index contributed by atoms with van der Waals surface area (Å²) in [6.45, 7) is 6.30. The van der Waals surface area contributed by atoms with E-state index in [2.05, 4.69) is 10.6 Å². The van der Waals surface area contributed by atoms with Crippen LogP contribution in [0.4, 0.5) is 5.69 Å². The molecule has 0 fully saturated rings. The van der Waals surface area contributed by atoms with Crippen molar-refractivity contribution in [1.82, 2.24) is 5.32 Å². The molecule has 0 aliphatic rings. The highest BCUT2D eigenvalue weighted by Crippen LogP contribution is 2.17. The first-order valence-corrected chi connectivity index (χ1v) is 6.31. The summed E-state index contributed by atoms with van der Waals surface area (Å²) >= 11 is 4.92. The molecule has 98 valence electrons. The quantitative estimate of drug-likeness (QED) is 0.707. The predicted molar refractivity (Wildman–Crippen MR) is 78.8 cm³/mol. The van der Waals surface area contributed by atoms with Gasteiger partial charge in [-0.25, -0.2) is 0 Å². The molecule has 0 aromatic heterocycles. The topological polar surface area (TPSA) is 67.2 Å². The maximum Gasteiger partial charge on any atom is 0.242 e. The zero-order valence-corrected chi connectivity index (χ0v) is 11.7. The van der Waals surface area contributed by atoms with Crippen LogP contribution in [0.1, 0.15) is 25.0 Å². The Bertz CT molecular complexity index is 460. The minimum atomic E-state index is -0.278. The maximum atomic E-state index is 11.6. The van der Waals surface area contributed by atoms with Gasteiger partial charge in [0.05, 0.1) is 0 Å². The highest BCUT2D eigenvalue weighted by molar-refractivity contribution is 7.80. The number of aryl methyl sites for hydroxylation is 1. The molecule has 1 amide bonds. The van der Waals surface area contributed by atoms with E-state index in [9.17, 15) is 4.79 Å². The fourth-order valence-corrected chi connectivity index (χ4v) is 1.73. The molecule has 4 N–H and O–H groups in total. The van der Waals surface area contributed by atoms with Gasteiger partial charge in [0.1, 0.15) is 11.0 Å². The summed E-state index contributed by atoms with van der Waals surface area (Å²) in [7, 11) is 0. The molecule has 0 heterocycles. The van der Waals surface area contributed by atoms with E-state index >= 15 is 0 Å². The van der Waals surface area contributed by atoms with Crippen molar-refractivity contribution >= 4 is 28.8 Å². The van der Waals surface area contributed by atoms with Crippen LogP contribution >= 0.6 is 12.2 Å². The van der Waals surface area contributed by atoms with Gasteiger partial charge < -0.3 is 16.4 Å². The van der Waals surface area contributed by atoms with E-state index in [-0.39, 0.29) is 11.9 Å². The predicted octanol–water partition coefficient (Wildman–Crippen LogP) is 1.57. The molecule has 0 saturated carbocycles. The van der Waals surface area contributed by atoms with E-state index < -0.39 is 0 Å². The molecule has 1 aromatic rings. The molecule has 0 spiro atoms. The molecule has 1 atom stereocenters. The Hall–Kier alpha value is -1.62. The van der Waals surface area contributed by atoms with E-state index in [4.69, 9.17) is 18.0 Å². The summed E-state index contributed by atoms with van der Waals surface area (Å²) in [6, 6.07) is 5.37. The summed E-state index contributed by atoms with van der Waals surface area (Å²) in [5.41, 5.74) is 8.32. The third kappa shape index (κ3) is 3.70. The van der Waals surface area contributed by atoms with Gasteiger partial charge in [-0.05, 0) is 44.5 Å². The van der Waals surface area contributed by atoms with Crippen LogP contribution in [0.25, 0.3) is 0 Å². The van der Waals surface area contributed by atoms with Crippen molar-refractivity contribution in [3.63, 3.8) is 0 Å². The molecule has 1 aromatic carbocycles. The van der Waals surface area contributed by atoms with Crippen LogP contribution in [0.3, 0.4) is 0 Å². The van der Waals surface area contributed by atoms with Crippen LogP contribution in [0.5, 0.6) is 0 Å². The molecular formula is C13H19N3OS. The van der Waals surface area contributed by atoms with Crippen molar-refractivity contribution in [1.29, 1.82) is 0 Å². The van der Waals surface area contributed by atoms with Gasteiger partial charge in [0, 0.05) is 17.8 Å². The van der Waals surface area contributed by atoms with Gasteiger partial charge in [-0.15, -0.1) is 0 Å². The molecule has 0 radical (unpaired) electrons. The highest BCUT2D eigenvalue weighted by Gasteiger charge is 2.12. The molecule has 0 aliphatic heterocycles. The second-order valence-electron chi connectivity index (χ2n) is 4.15. The number of thiocarbonyl (C=S) groups is 1. The molecule has 18 heavy (non-hydrogen) atoms. The zero-order valence-electron chi connectivity index (χ0n) is 10.9. The van der Waals surface area contributed by atoms with Crippen molar-refractivity contribution in [3.05, 3.63) is 29.3 Å². The van der Waals surface area contributed by atoms with E-state index in [0.717, 1.165) is 16.8 Å². The Balaban J connectivity index is 2.79. The number of likely N-dealkylation sites (N-methyl/N-ethyl adjacent to an activating group) is 1. The van der Waals surface area contributed by atoms with Crippen molar-refractivity contribution in [2.75, 3.05) is 11.9 Å². The van der Waals surface area contributed by atoms with Crippen LogP contribution in [0.15, 0.2) is 18.2 Å². The largest absolute Gasteiger partial charge is 0.389 e. The van der Waals surface area contributed by atoms with Gasteiger partial charge in [0.25, 0.3) is 0 Å². The third-order valence-electron chi connectivity index (χ3n) is 2.63. The monoisotopic (exact) mass is 265 g/mol. The Morgan fingerprint density at radius 2 is 2.17 bits per heavy atom. The van der Waals surface area contributed by atoms with Crippen molar-refractivity contribution in [2.24, 2.45) is 5.73 Å². The fraction of sp³-hybridized carbons (Fsp3) is 0.385. The zero-order chi connectivity index (χ0) is 13.7. The first-order chi connectivity index (χ1) is 8.45. The first-order valence-electron chi connectivity index (χ1n) is 5.90. The lowest BCUT2D eigenvalue weighted by molar-refractivity contribution is -0.121. The summed E-state index contributed by atoms with van der Waals surface area (Å²) < 4.78 is 0.